The summed E-state index contributed by atoms with van der Waals surface area (Å²) in [6.07, 6.45) is 3.73. The lowest BCUT2D eigenvalue weighted by molar-refractivity contribution is -0.131. The molecule has 2 rings (SSSR count). The van der Waals surface area contributed by atoms with Crippen LogP contribution in [0.1, 0.15) is 32.0 Å². The van der Waals surface area contributed by atoms with E-state index in [4.69, 9.17) is 10.9 Å². The van der Waals surface area contributed by atoms with Crippen LogP contribution in [0.2, 0.25) is 0 Å². The van der Waals surface area contributed by atoms with Crippen LogP contribution in [0.25, 0.3) is 0 Å². The van der Waals surface area contributed by atoms with Gasteiger partial charge in [-0.2, -0.15) is 0 Å². The molecule has 0 saturated heterocycles. The third kappa shape index (κ3) is 2.25. The van der Waals surface area contributed by atoms with Crippen LogP contribution < -0.4 is 11.1 Å². The van der Waals surface area contributed by atoms with Crippen LogP contribution >= 0.6 is 0 Å². The second-order valence-corrected chi connectivity index (χ2v) is 4.64. The van der Waals surface area contributed by atoms with E-state index < -0.39 is 5.41 Å². The molecule has 0 radical (unpaired) electrons. The number of rotatable bonds is 5. The summed E-state index contributed by atoms with van der Waals surface area (Å²) in [4.78, 5) is 12.2. The Hall–Kier alpha value is -2.12. The van der Waals surface area contributed by atoms with Crippen LogP contribution in [0.3, 0.4) is 0 Å². The normalized spacial score (nSPS) is 17.8. The van der Waals surface area contributed by atoms with Crippen LogP contribution in [-0.2, 0) is 17.9 Å². The van der Waals surface area contributed by atoms with Crippen LogP contribution in [0.4, 0.5) is 0 Å². The number of oxime groups is 1. The van der Waals surface area contributed by atoms with E-state index in [-0.39, 0.29) is 18.3 Å². The van der Waals surface area contributed by atoms with Crippen molar-refractivity contribution in [2.24, 2.45) is 16.3 Å². The molecule has 104 valence electrons. The first-order valence-electron chi connectivity index (χ1n) is 6.27. The van der Waals surface area contributed by atoms with Gasteiger partial charge in [-0.3, -0.25) is 4.79 Å². The number of nitrogens with one attached hydrogen (secondary N) is 1. The first-order valence-corrected chi connectivity index (χ1v) is 6.27. The fraction of sp³-hybridized carbons (Fsp3) is 0.636. The summed E-state index contributed by atoms with van der Waals surface area (Å²) in [6.45, 7) is 3.00. The molecule has 0 aromatic carbocycles. The van der Waals surface area contributed by atoms with Crippen LogP contribution in [0.15, 0.2) is 11.5 Å². The number of amides is 1. The maximum atomic E-state index is 12.2. The fourth-order valence-corrected chi connectivity index (χ4v) is 2.23. The number of aryl methyl sites for hydroxylation is 1. The third-order valence-corrected chi connectivity index (χ3v) is 3.68. The SMILES string of the molecule is CCn1cnnc1CNC(=O)C1(C(N)=NO)CCC1. The largest absolute Gasteiger partial charge is 0.409 e. The van der Waals surface area contributed by atoms with Crippen molar-refractivity contribution in [2.75, 3.05) is 0 Å². The Morgan fingerprint density at radius 1 is 1.68 bits per heavy atom. The minimum Gasteiger partial charge on any atom is -0.409 e. The molecule has 1 aliphatic carbocycles. The van der Waals surface area contributed by atoms with E-state index in [1.54, 1.807) is 6.33 Å². The van der Waals surface area contributed by atoms with E-state index in [1.165, 1.54) is 0 Å². The van der Waals surface area contributed by atoms with Crippen molar-refractivity contribution in [3.8, 4) is 0 Å². The lowest BCUT2D eigenvalue weighted by Crippen LogP contribution is -2.53. The Morgan fingerprint density at radius 3 is 2.95 bits per heavy atom. The monoisotopic (exact) mass is 266 g/mol. The minimum atomic E-state index is -0.855. The van der Waals surface area contributed by atoms with Gasteiger partial charge >= 0.3 is 0 Å². The molecular weight excluding hydrogens is 248 g/mol. The maximum Gasteiger partial charge on any atom is 0.234 e. The van der Waals surface area contributed by atoms with Gasteiger partial charge in [-0.25, -0.2) is 0 Å². The summed E-state index contributed by atoms with van der Waals surface area (Å²) in [6, 6.07) is 0. The topological polar surface area (TPSA) is 118 Å². The number of nitrogens with two attached hydrogens (primary N) is 1. The molecule has 0 atom stereocenters. The molecule has 0 aliphatic heterocycles. The van der Waals surface area contributed by atoms with Crippen LogP contribution in [0.5, 0.6) is 0 Å². The first-order chi connectivity index (χ1) is 9.14. The van der Waals surface area contributed by atoms with E-state index in [1.807, 2.05) is 11.5 Å². The Morgan fingerprint density at radius 2 is 2.42 bits per heavy atom. The first kappa shape index (κ1) is 13.3. The predicted molar refractivity (Wildman–Crippen MR) is 67.2 cm³/mol. The molecule has 1 heterocycles. The highest BCUT2D eigenvalue weighted by atomic mass is 16.4. The zero-order chi connectivity index (χ0) is 13.9. The fourth-order valence-electron chi connectivity index (χ4n) is 2.23. The van der Waals surface area contributed by atoms with Gasteiger partial charge in [0.15, 0.2) is 11.7 Å². The molecule has 1 fully saturated rings. The van der Waals surface area contributed by atoms with Crippen molar-refractivity contribution >= 4 is 11.7 Å². The summed E-state index contributed by atoms with van der Waals surface area (Å²) in [5.41, 5.74) is 4.77. The van der Waals surface area contributed by atoms with E-state index >= 15 is 0 Å². The zero-order valence-corrected chi connectivity index (χ0v) is 10.8. The molecule has 8 nitrogen and oxygen atoms in total. The summed E-state index contributed by atoms with van der Waals surface area (Å²) in [5.74, 6) is 0.442. The van der Waals surface area contributed by atoms with Gasteiger partial charge in [0.25, 0.3) is 0 Å². The molecule has 1 amide bonds. The average molecular weight is 266 g/mol. The highest BCUT2D eigenvalue weighted by Gasteiger charge is 2.48. The van der Waals surface area contributed by atoms with Gasteiger partial charge in [-0.1, -0.05) is 11.6 Å². The molecule has 1 aromatic rings. The average Bonchev–Trinajstić information content (AvgIpc) is 2.82. The minimum absolute atomic E-state index is 0.0202. The van der Waals surface area contributed by atoms with Gasteiger partial charge in [0.1, 0.15) is 11.7 Å². The molecule has 8 heteroatoms. The summed E-state index contributed by atoms with van der Waals surface area (Å²) < 4.78 is 1.84. The second kappa shape index (κ2) is 5.25. The molecule has 1 aromatic heterocycles. The van der Waals surface area contributed by atoms with Gasteiger partial charge < -0.3 is 20.8 Å². The number of aromatic nitrogens is 3. The molecule has 1 saturated carbocycles. The number of hydrogen-bond acceptors (Lipinski definition) is 5. The van der Waals surface area contributed by atoms with E-state index in [2.05, 4.69) is 20.7 Å². The van der Waals surface area contributed by atoms with Crippen molar-refractivity contribution in [2.45, 2.75) is 39.3 Å². The number of amidine groups is 1. The lowest BCUT2D eigenvalue weighted by atomic mass is 9.67. The van der Waals surface area contributed by atoms with Crippen molar-refractivity contribution in [1.29, 1.82) is 0 Å². The number of carbonyl (C=O) groups excluding carboxylic acids is 1. The van der Waals surface area contributed by atoms with Gasteiger partial charge in [0.2, 0.25) is 5.91 Å². The molecular formula is C11H18N6O2. The Balaban J connectivity index is 2.01. The van der Waals surface area contributed by atoms with Crippen LogP contribution in [0, 0.1) is 5.41 Å². The van der Waals surface area contributed by atoms with E-state index in [9.17, 15) is 4.79 Å². The van der Waals surface area contributed by atoms with Crippen molar-refractivity contribution < 1.29 is 10.0 Å². The molecule has 0 unspecified atom stereocenters. The van der Waals surface area contributed by atoms with Gasteiger partial charge in [-0.05, 0) is 19.8 Å². The Bertz CT molecular complexity index is 491. The highest BCUT2D eigenvalue weighted by molar-refractivity contribution is 6.07. The molecule has 19 heavy (non-hydrogen) atoms. The molecule has 0 bridgehead atoms. The standard InChI is InChI=1S/C11H18N6O2/c1-2-17-7-14-15-8(17)6-13-10(18)11(4-3-5-11)9(12)16-19/h7,19H,2-6H2,1H3,(H2,12,16)(H,13,18). The van der Waals surface area contributed by atoms with Gasteiger partial charge in [-0.15, -0.1) is 10.2 Å². The Kier molecular flexibility index (Phi) is 3.68. The summed E-state index contributed by atoms with van der Waals surface area (Å²) >= 11 is 0. The smallest absolute Gasteiger partial charge is 0.234 e. The third-order valence-electron chi connectivity index (χ3n) is 3.68. The van der Waals surface area contributed by atoms with Crippen molar-refractivity contribution in [1.82, 2.24) is 20.1 Å². The highest BCUT2D eigenvalue weighted by Crippen LogP contribution is 2.41. The maximum absolute atomic E-state index is 12.2. The van der Waals surface area contributed by atoms with Crippen LogP contribution in [-0.4, -0.2) is 31.7 Å². The van der Waals surface area contributed by atoms with Crippen molar-refractivity contribution in [3.63, 3.8) is 0 Å². The van der Waals surface area contributed by atoms with E-state index in [0.29, 0.717) is 18.7 Å². The van der Waals surface area contributed by atoms with Gasteiger partial charge in [0, 0.05) is 6.54 Å². The summed E-state index contributed by atoms with van der Waals surface area (Å²) in [7, 11) is 0. The molecule has 1 aliphatic rings. The molecule has 4 N–H and O–H groups in total. The quantitative estimate of drug-likeness (QED) is 0.296. The zero-order valence-electron chi connectivity index (χ0n) is 10.8. The van der Waals surface area contributed by atoms with Gasteiger partial charge in [0.05, 0.1) is 6.54 Å². The molecule has 0 spiro atoms. The number of hydrogen-bond donors (Lipinski definition) is 3. The predicted octanol–water partition coefficient (Wildman–Crippen LogP) is -0.169. The number of nitrogens with zero attached hydrogens (tertiary/aromatic N) is 4. The number of carbonyl (C=O) groups is 1. The lowest BCUT2D eigenvalue weighted by Gasteiger charge is -2.38. The van der Waals surface area contributed by atoms with Crippen molar-refractivity contribution in [3.05, 3.63) is 12.2 Å². The second-order valence-electron chi connectivity index (χ2n) is 4.64. The Labute approximate surface area is 110 Å². The van der Waals surface area contributed by atoms with E-state index in [0.717, 1.165) is 13.0 Å². The summed E-state index contributed by atoms with van der Waals surface area (Å²) in [5, 5.41) is 22.3.